The molecule has 1 unspecified atom stereocenters. The van der Waals surface area contributed by atoms with E-state index in [9.17, 15) is 0 Å². The molecule has 96 valence electrons. The fourth-order valence-electron chi connectivity index (χ4n) is 2.63. The second-order valence-corrected chi connectivity index (χ2v) is 5.24. The van der Waals surface area contributed by atoms with Gasteiger partial charge in [-0.2, -0.15) is 5.10 Å². The van der Waals surface area contributed by atoms with Gasteiger partial charge in [-0.25, -0.2) is 0 Å². The van der Waals surface area contributed by atoms with Crippen molar-refractivity contribution in [1.82, 2.24) is 15.1 Å². The molecule has 2 rings (SSSR count). The Morgan fingerprint density at radius 1 is 1.47 bits per heavy atom. The fraction of sp³-hybridized carbons (Fsp3) is 0.769. The molecule has 4 heteroatoms. The first-order valence-electron chi connectivity index (χ1n) is 6.54. The van der Waals surface area contributed by atoms with Gasteiger partial charge in [0.25, 0.3) is 0 Å². The van der Waals surface area contributed by atoms with E-state index in [4.69, 9.17) is 5.11 Å². The monoisotopic (exact) mass is 237 g/mol. The highest BCUT2D eigenvalue weighted by Gasteiger charge is 2.22. The predicted molar refractivity (Wildman–Crippen MR) is 67.6 cm³/mol. The van der Waals surface area contributed by atoms with E-state index in [1.807, 2.05) is 17.9 Å². The van der Waals surface area contributed by atoms with E-state index in [0.717, 1.165) is 12.8 Å². The van der Waals surface area contributed by atoms with Crippen LogP contribution in [0.4, 0.5) is 0 Å². The summed E-state index contributed by atoms with van der Waals surface area (Å²) in [6.07, 6.45) is 8.64. The van der Waals surface area contributed by atoms with E-state index in [2.05, 4.69) is 23.5 Å². The van der Waals surface area contributed by atoms with Crippen molar-refractivity contribution in [1.29, 1.82) is 0 Å². The molecule has 2 N–H and O–H groups in total. The summed E-state index contributed by atoms with van der Waals surface area (Å²) in [6.45, 7) is 2.54. The average molecular weight is 237 g/mol. The van der Waals surface area contributed by atoms with E-state index < -0.39 is 0 Å². The van der Waals surface area contributed by atoms with Gasteiger partial charge >= 0.3 is 0 Å². The summed E-state index contributed by atoms with van der Waals surface area (Å²) in [5, 5.41) is 17.0. The number of hydrogen-bond donors (Lipinski definition) is 2. The molecule has 1 aromatic heterocycles. The lowest BCUT2D eigenvalue weighted by Crippen LogP contribution is -2.35. The van der Waals surface area contributed by atoms with Crippen LogP contribution in [0.5, 0.6) is 0 Å². The molecule has 1 atom stereocenters. The third kappa shape index (κ3) is 3.30. The van der Waals surface area contributed by atoms with Crippen LogP contribution in [-0.4, -0.2) is 27.5 Å². The fourth-order valence-corrected chi connectivity index (χ4v) is 2.63. The standard InChI is InChI=1S/C13H23N3O/c1-10(12-7-14-16(2)8-12)15-13-5-3-11(9-17)4-6-13/h7-8,10-11,13,15,17H,3-6,9H2,1-2H3. The molecular weight excluding hydrogens is 214 g/mol. The van der Waals surface area contributed by atoms with Gasteiger partial charge in [-0.3, -0.25) is 4.68 Å². The molecular formula is C13H23N3O. The van der Waals surface area contributed by atoms with Crippen LogP contribution in [-0.2, 0) is 7.05 Å². The minimum absolute atomic E-state index is 0.352. The molecule has 1 aromatic rings. The van der Waals surface area contributed by atoms with Crippen molar-refractivity contribution >= 4 is 0 Å². The van der Waals surface area contributed by atoms with Crippen LogP contribution in [0.3, 0.4) is 0 Å². The maximum Gasteiger partial charge on any atom is 0.0537 e. The Labute approximate surface area is 103 Å². The molecule has 0 spiro atoms. The maximum atomic E-state index is 9.11. The molecule has 4 nitrogen and oxygen atoms in total. The van der Waals surface area contributed by atoms with Gasteiger partial charge in [0.05, 0.1) is 6.20 Å². The first-order valence-corrected chi connectivity index (χ1v) is 6.54. The Balaban J connectivity index is 1.81. The highest BCUT2D eigenvalue weighted by molar-refractivity contribution is 5.09. The maximum absolute atomic E-state index is 9.11. The van der Waals surface area contributed by atoms with Crippen LogP contribution >= 0.6 is 0 Å². The highest BCUT2D eigenvalue weighted by atomic mass is 16.3. The lowest BCUT2D eigenvalue weighted by atomic mass is 9.86. The quantitative estimate of drug-likeness (QED) is 0.836. The normalized spacial score (nSPS) is 27.0. The van der Waals surface area contributed by atoms with Crippen molar-refractivity contribution in [3.63, 3.8) is 0 Å². The molecule has 1 fully saturated rings. The van der Waals surface area contributed by atoms with E-state index in [1.54, 1.807) is 0 Å². The Kier molecular flexibility index (Phi) is 4.18. The number of hydrogen-bond acceptors (Lipinski definition) is 3. The van der Waals surface area contributed by atoms with Crippen molar-refractivity contribution in [2.75, 3.05) is 6.61 Å². The molecule has 1 saturated carbocycles. The molecule has 17 heavy (non-hydrogen) atoms. The summed E-state index contributed by atoms with van der Waals surface area (Å²) < 4.78 is 1.84. The van der Waals surface area contributed by atoms with E-state index in [1.165, 1.54) is 18.4 Å². The molecule has 1 aliphatic rings. The van der Waals surface area contributed by atoms with Crippen molar-refractivity contribution in [3.8, 4) is 0 Å². The van der Waals surface area contributed by atoms with Crippen LogP contribution in [0.1, 0.15) is 44.2 Å². The second-order valence-electron chi connectivity index (χ2n) is 5.24. The van der Waals surface area contributed by atoms with Crippen molar-refractivity contribution in [2.45, 2.75) is 44.7 Å². The zero-order chi connectivity index (χ0) is 12.3. The van der Waals surface area contributed by atoms with Gasteiger partial charge in [0.15, 0.2) is 0 Å². The summed E-state index contributed by atoms with van der Waals surface area (Å²) in [7, 11) is 1.95. The third-order valence-corrected chi connectivity index (χ3v) is 3.82. The number of aliphatic hydroxyl groups excluding tert-OH is 1. The molecule has 0 aromatic carbocycles. The number of nitrogens with zero attached hydrogens (tertiary/aromatic N) is 2. The summed E-state index contributed by atoms with van der Waals surface area (Å²) in [5.41, 5.74) is 1.25. The van der Waals surface area contributed by atoms with Gasteiger partial charge in [0.1, 0.15) is 0 Å². The summed E-state index contributed by atoms with van der Waals surface area (Å²) in [6, 6.07) is 0.951. The van der Waals surface area contributed by atoms with Crippen LogP contribution in [0.15, 0.2) is 12.4 Å². The minimum Gasteiger partial charge on any atom is -0.396 e. The lowest BCUT2D eigenvalue weighted by Gasteiger charge is -2.30. The van der Waals surface area contributed by atoms with Crippen molar-refractivity contribution < 1.29 is 5.11 Å². The topological polar surface area (TPSA) is 50.1 Å². The molecule has 1 aliphatic carbocycles. The van der Waals surface area contributed by atoms with Crippen LogP contribution < -0.4 is 5.32 Å². The Bertz CT molecular complexity index is 342. The van der Waals surface area contributed by atoms with Crippen LogP contribution in [0.25, 0.3) is 0 Å². The zero-order valence-electron chi connectivity index (χ0n) is 10.8. The molecule has 0 radical (unpaired) electrons. The number of rotatable bonds is 4. The van der Waals surface area contributed by atoms with Gasteiger partial charge < -0.3 is 10.4 Å². The predicted octanol–water partition coefficient (Wildman–Crippen LogP) is 1.62. The van der Waals surface area contributed by atoms with Gasteiger partial charge in [0, 0.05) is 37.5 Å². The second kappa shape index (κ2) is 5.65. The summed E-state index contributed by atoms with van der Waals surface area (Å²) >= 11 is 0. The minimum atomic E-state index is 0.352. The van der Waals surface area contributed by atoms with E-state index in [-0.39, 0.29) is 0 Å². The molecule has 0 aliphatic heterocycles. The molecule has 0 bridgehead atoms. The number of aliphatic hydroxyl groups is 1. The SMILES string of the molecule is CC(NC1CCC(CO)CC1)c1cnn(C)c1. The Morgan fingerprint density at radius 2 is 2.18 bits per heavy atom. The highest BCUT2D eigenvalue weighted by Crippen LogP contribution is 2.25. The summed E-state index contributed by atoms with van der Waals surface area (Å²) in [5.74, 6) is 0.529. The molecule has 0 amide bonds. The molecule has 1 heterocycles. The number of aryl methyl sites for hydroxylation is 1. The number of nitrogens with one attached hydrogen (secondary N) is 1. The van der Waals surface area contributed by atoms with Gasteiger partial charge in [0.2, 0.25) is 0 Å². The van der Waals surface area contributed by atoms with Crippen LogP contribution in [0.2, 0.25) is 0 Å². The third-order valence-electron chi connectivity index (χ3n) is 3.82. The number of aromatic nitrogens is 2. The van der Waals surface area contributed by atoms with Crippen molar-refractivity contribution in [3.05, 3.63) is 18.0 Å². The first kappa shape index (κ1) is 12.6. The van der Waals surface area contributed by atoms with Gasteiger partial charge in [-0.15, -0.1) is 0 Å². The molecule has 0 saturated heterocycles. The lowest BCUT2D eigenvalue weighted by molar-refractivity contribution is 0.172. The Hall–Kier alpha value is -0.870. The largest absolute Gasteiger partial charge is 0.396 e. The van der Waals surface area contributed by atoms with E-state index >= 15 is 0 Å². The first-order chi connectivity index (χ1) is 8.19. The van der Waals surface area contributed by atoms with Crippen molar-refractivity contribution in [2.24, 2.45) is 13.0 Å². The van der Waals surface area contributed by atoms with Gasteiger partial charge in [-0.05, 0) is 38.5 Å². The van der Waals surface area contributed by atoms with E-state index in [0.29, 0.717) is 24.6 Å². The summed E-state index contributed by atoms with van der Waals surface area (Å²) in [4.78, 5) is 0. The Morgan fingerprint density at radius 3 is 2.71 bits per heavy atom. The zero-order valence-corrected chi connectivity index (χ0v) is 10.8. The average Bonchev–Trinajstić information content (AvgIpc) is 2.77. The smallest absolute Gasteiger partial charge is 0.0537 e. The van der Waals surface area contributed by atoms with Gasteiger partial charge in [-0.1, -0.05) is 0 Å². The van der Waals surface area contributed by atoms with Crippen LogP contribution in [0, 0.1) is 5.92 Å².